The van der Waals surface area contributed by atoms with Gasteiger partial charge in [-0.1, -0.05) is 0 Å². The number of hydrogen-bond acceptors (Lipinski definition) is 1. The average Bonchev–Trinajstić information content (AvgIpc) is 2.48. The van der Waals surface area contributed by atoms with E-state index in [4.69, 9.17) is 4.74 Å². The first kappa shape index (κ1) is 7.82. The third kappa shape index (κ3) is 1.05. The van der Waals surface area contributed by atoms with Gasteiger partial charge in [0.05, 0.1) is 0 Å². The number of ether oxygens (including phenoxy) is 1. The van der Waals surface area contributed by atoms with E-state index >= 15 is 0 Å². The minimum absolute atomic E-state index is 1.04. The van der Waals surface area contributed by atoms with Crippen molar-refractivity contribution in [3.63, 3.8) is 0 Å². The Morgan fingerprint density at radius 2 is 2.25 bits per heavy atom. The van der Waals surface area contributed by atoms with Gasteiger partial charge >= 0.3 is 74.0 Å². The van der Waals surface area contributed by atoms with Gasteiger partial charge in [-0.15, -0.1) is 0 Å². The maximum atomic E-state index is 5.29. The maximum absolute atomic E-state index is 5.29. The number of hydrogen-bond donors (Lipinski definition) is 0. The molecule has 0 fully saturated rings. The number of rotatable bonds is 1. The molecule has 0 atom stereocenters. The first-order valence-electron chi connectivity index (χ1n) is 4.16. The van der Waals surface area contributed by atoms with Crippen molar-refractivity contribution in [1.82, 2.24) is 0 Å². The number of fused-ring (bicyclic) bond motifs is 1. The van der Waals surface area contributed by atoms with E-state index in [1.807, 2.05) is 6.07 Å². The fourth-order valence-electron chi connectivity index (χ4n) is 1.70. The number of benzene rings is 1. The van der Waals surface area contributed by atoms with Crippen LogP contribution in [0.2, 0.25) is 0 Å². The van der Waals surface area contributed by atoms with Gasteiger partial charge in [0.25, 0.3) is 0 Å². The summed E-state index contributed by atoms with van der Waals surface area (Å²) in [5, 5.41) is 1.50. The molecule has 64 valence electrons. The zero-order chi connectivity index (χ0) is 8.55. The van der Waals surface area contributed by atoms with Crippen LogP contribution in [0.3, 0.4) is 0 Å². The SMILES string of the molecule is COc1cccc2c1CC=C2[PH4]. The molecule has 0 heterocycles. The monoisotopic (exact) mass is 180 g/mol. The third-order valence-electron chi connectivity index (χ3n) is 2.39. The first-order chi connectivity index (χ1) is 5.83. The molecule has 0 amide bonds. The van der Waals surface area contributed by atoms with E-state index < -0.39 is 0 Å². The summed E-state index contributed by atoms with van der Waals surface area (Å²) in [7, 11) is 2.87. The van der Waals surface area contributed by atoms with Gasteiger partial charge in [-0.25, -0.2) is 0 Å². The third-order valence-corrected chi connectivity index (χ3v) is 3.34. The minimum atomic E-state index is 1.04. The molecule has 0 radical (unpaired) electrons. The topological polar surface area (TPSA) is 9.23 Å². The Morgan fingerprint density at radius 1 is 1.42 bits per heavy atom. The molecule has 1 nitrogen and oxygen atoms in total. The summed E-state index contributed by atoms with van der Waals surface area (Å²) in [6.45, 7) is 0. The van der Waals surface area contributed by atoms with Crippen molar-refractivity contribution >= 4 is 14.6 Å². The molecule has 12 heavy (non-hydrogen) atoms. The summed E-state index contributed by atoms with van der Waals surface area (Å²) in [5.74, 6) is 1.04. The van der Waals surface area contributed by atoms with Crippen molar-refractivity contribution in [2.75, 3.05) is 7.11 Å². The van der Waals surface area contributed by atoms with Crippen molar-refractivity contribution < 1.29 is 4.74 Å². The Hall–Kier alpha value is -0.810. The van der Waals surface area contributed by atoms with Gasteiger partial charge < -0.3 is 0 Å². The molecule has 1 aromatic carbocycles. The van der Waals surface area contributed by atoms with Crippen molar-refractivity contribution in [2.24, 2.45) is 0 Å². The molecule has 2 heteroatoms. The van der Waals surface area contributed by atoms with Crippen molar-refractivity contribution in [2.45, 2.75) is 6.42 Å². The van der Waals surface area contributed by atoms with Crippen LogP contribution in [0.25, 0.3) is 5.31 Å². The van der Waals surface area contributed by atoms with Gasteiger partial charge in [0, 0.05) is 0 Å². The second kappa shape index (κ2) is 2.91. The molecule has 0 aliphatic heterocycles. The summed E-state index contributed by atoms with van der Waals surface area (Å²) < 4.78 is 5.29. The normalized spacial score (nSPS) is 14.1. The van der Waals surface area contributed by atoms with E-state index in [1.54, 1.807) is 7.11 Å². The molecule has 0 saturated carbocycles. The summed E-state index contributed by atoms with van der Waals surface area (Å²) in [6, 6.07) is 6.28. The van der Waals surface area contributed by atoms with Gasteiger partial charge in [0.1, 0.15) is 0 Å². The molecule has 0 N–H and O–H groups in total. The van der Waals surface area contributed by atoms with E-state index in [-0.39, 0.29) is 0 Å². The summed E-state index contributed by atoms with van der Waals surface area (Å²) in [5.41, 5.74) is 2.77. The summed E-state index contributed by atoms with van der Waals surface area (Å²) in [6.07, 6.45) is 3.36. The fraction of sp³-hybridized carbons (Fsp3) is 0.200. The van der Waals surface area contributed by atoms with Gasteiger partial charge in [0.15, 0.2) is 0 Å². The molecular formula is C10H13OP. The molecule has 0 aromatic heterocycles. The predicted molar refractivity (Wildman–Crippen MR) is 57.2 cm³/mol. The van der Waals surface area contributed by atoms with Crippen LogP contribution in [0.15, 0.2) is 24.3 Å². The Kier molecular flexibility index (Phi) is 1.90. The first-order valence-corrected chi connectivity index (χ1v) is 5.16. The molecule has 0 bridgehead atoms. The zero-order valence-corrected chi connectivity index (χ0v) is 9.42. The summed E-state index contributed by atoms with van der Waals surface area (Å²) >= 11 is 0. The van der Waals surface area contributed by atoms with Gasteiger partial charge in [0.2, 0.25) is 0 Å². The van der Waals surface area contributed by atoms with Crippen LogP contribution in [0.5, 0.6) is 5.75 Å². The van der Waals surface area contributed by atoms with Crippen LogP contribution in [-0.4, -0.2) is 7.11 Å². The molecule has 1 aromatic rings. The van der Waals surface area contributed by atoms with E-state index in [0.717, 1.165) is 21.4 Å². The van der Waals surface area contributed by atoms with Gasteiger partial charge in [-0.3, -0.25) is 0 Å². The Bertz CT molecular complexity index is 342. The summed E-state index contributed by atoms with van der Waals surface area (Å²) in [4.78, 5) is 0. The molecular weight excluding hydrogens is 167 g/mol. The molecule has 0 spiro atoms. The van der Waals surface area contributed by atoms with E-state index in [9.17, 15) is 0 Å². The van der Waals surface area contributed by atoms with Crippen LogP contribution >= 0.6 is 9.24 Å². The molecule has 0 saturated heterocycles. The Morgan fingerprint density at radius 3 is 3.00 bits per heavy atom. The fourth-order valence-corrected chi connectivity index (χ4v) is 2.37. The van der Waals surface area contributed by atoms with Gasteiger partial charge in [-0.2, -0.15) is 0 Å². The van der Waals surface area contributed by atoms with Crippen molar-refractivity contribution in [3.05, 3.63) is 35.4 Å². The number of methoxy groups -OCH3 is 1. The quantitative estimate of drug-likeness (QED) is 0.600. The standard InChI is InChI=1S/C10H13OP/c1-11-9-4-2-3-8-7(9)5-6-10(8)12/h2-4,6H,5H2,1H3,12H4. The Balaban J connectivity index is 2.56. The molecule has 1 aliphatic rings. The molecule has 1 aliphatic carbocycles. The zero-order valence-electron chi connectivity index (χ0n) is 7.42. The van der Waals surface area contributed by atoms with Crippen molar-refractivity contribution in [1.29, 1.82) is 0 Å². The van der Waals surface area contributed by atoms with E-state index in [2.05, 4.69) is 18.2 Å². The second-order valence-electron chi connectivity index (χ2n) is 3.08. The van der Waals surface area contributed by atoms with Crippen molar-refractivity contribution in [3.8, 4) is 5.75 Å². The van der Waals surface area contributed by atoms with Crippen LogP contribution in [0, 0.1) is 0 Å². The predicted octanol–water partition coefficient (Wildman–Crippen LogP) is 1.93. The molecule has 2 rings (SSSR count). The Labute approximate surface area is 74.6 Å². The van der Waals surface area contributed by atoms with Crippen LogP contribution in [-0.2, 0) is 6.42 Å². The number of allylic oxidation sites excluding steroid dienone is 1. The van der Waals surface area contributed by atoms with Crippen LogP contribution in [0.1, 0.15) is 11.1 Å². The second-order valence-corrected chi connectivity index (χ2v) is 4.15. The average molecular weight is 180 g/mol. The van der Waals surface area contributed by atoms with Gasteiger partial charge in [-0.05, 0) is 0 Å². The van der Waals surface area contributed by atoms with Crippen LogP contribution in [0.4, 0.5) is 0 Å². The van der Waals surface area contributed by atoms with E-state index in [1.165, 1.54) is 16.4 Å². The van der Waals surface area contributed by atoms with E-state index in [0.29, 0.717) is 0 Å². The molecule has 0 unspecified atom stereocenters. The van der Waals surface area contributed by atoms with Crippen LogP contribution < -0.4 is 4.74 Å².